The van der Waals surface area contributed by atoms with E-state index in [-0.39, 0.29) is 30.2 Å². The first kappa shape index (κ1) is 31.7. The largest absolute Gasteiger partial charge is 0.484 e. The molecule has 0 saturated carbocycles. The summed E-state index contributed by atoms with van der Waals surface area (Å²) in [5.41, 5.74) is 4.18. The van der Waals surface area contributed by atoms with Gasteiger partial charge >= 0.3 is 6.03 Å². The lowest BCUT2D eigenvalue weighted by Crippen LogP contribution is -2.38. The number of amides is 2. The number of nitrogens with one attached hydrogen (secondary N) is 2. The van der Waals surface area contributed by atoms with Crippen LogP contribution in [0.5, 0.6) is 5.75 Å². The molecular formula is C35H44N10O3. The second-order valence-electron chi connectivity index (χ2n) is 13.9. The van der Waals surface area contributed by atoms with Crippen molar-refractivity contribution >= 4 is 23.4 Å². The van der Waals surface area contributed by atoms with Gasteiger partial charge in [-0.05, 0) is 62.3 Å². The normalized spacial score (nSPS) is 19.7. The summed E-state index contributed by atoms with van der Waals surface area (Å²) in [4.78, 5) is 15.9. The van der Waals surface area contributed by atoms with Crippen molar-refractivity contribution in [3.05, 3.63) is 77.9 Å². The van der Waals surface area contributed by atoms with E-state index in [2.05, 4.69) is 70.7 Å². The molecule has 0 bridgehead atoms. The number of benzene rings is 1. The molecule has 0 unspecified atom stereocenters. The Morgan fingerprint density at radius 2 is 1.88 bits per heavy atom. The predicted octanol–water partition coefficient (Wildman–Crippen LogP) is 5.56. The van der Waals surface area contributed by atoms with E-state index in [0.29, 0.717) is 30.5 Å². The lowest BCUT2D eigenvalue weighted by atomic mass is 9.85. The van der Waals surface area contributed by atoms with Crippen LogP contribution >= 0.6 is 0 Å². The molecule has 13 nitrogen and oxygen atoms in total. The quantitative estimate of drug-likeness (QED) is 0.198. The number of anilines is 2. The zero-order valence-corrected chi connectivity index (χ0v) is 28.0. The lowest BCUT2D eigenvalue weighted by Gasteiger charge is -2.33. The van der Waals surface area contributed by atoms with Crippen molar-refractivity contribution in [2.75, 3.05) is 23.4 Å². The van der Waals surface area contributed by atoms with Gasteiger partial charge in [-0.2, -0.15) is 10.2 Å². The molecule has 1 saturated heterocycles. The molecule has 2 amide bonds. The zero-order chi connectivity index (χ0) is 33.4. The third-order valence-corrected chi connectivity index (χ3v) is 9.35. The molecule has 3 atom stereocenters. The maximum atomic E-state index is 13.5. The number of pyridine rings is 1. The first-order valence-corrected chi connectivity index (χ1v) is 16.9. The minimum atomic E-state index is -0.323. The monoisotopic (exact) mass is 652 g/mol. The summed E-state index contributed by atoms with van der Waals surface area (Å²) < 4.78 is 12.0. The van der Waals surface area contributed by atoms with Crippen LogP contribution in [0.4, 0.5) is 16.6 Å². The number of fused-ring (bicyclic) bond motifs is 2. The van der Waals surface area contributed by atoms with Crippen molar-refractivity contribution in [3.8, 4) is 11.4 Å². The van der Waals surface area contributed by atoms with Crippen LogP contribution in [0.1, 0.15) is 88.8 Å². The van der Waals surface area contributed by atoms with Gasteiger partial charge in [0.25, 0.3) is 0 Å². The van der Waals surface area contributed by atoms with E-state index in [1.54, 1.807) is 21.8 Å². The van der Waals surface area contributed by atoms with Gasteiger partial charge in [-0.15, -0.1) is 10.2 Å². The number of nitrogens with zero attached hydrogens (tertiary/aromatic N) is 8. The van der Waals surface area contributed by atoms with Crippen LogP contribution in [0.15, 0.2) is 61.1 Å². The molecule has 3 N–H and O–H groups in total. The summed E-state index contributed by atoms with van der Waals surface area (Å²) in [6.07, 6.45) is 10.3. The predicted molar refractivity (Wildman–Crippen MR) is 183 cm³/mol. The molecule has 4 aromatic heterocycles. The van der Waals surface area contributed by atoms with Crippen molar-refractivity contribution in [2.45, 2.75) is 89.9 Å². The molecule has 0 radical (unpaired) electrons. The topological polar surface area (TPSA) is 140 Å². The number of aliphatic hydroxyl groups is 1. The fourth-order valence-electron chi connectivity index (χ4n) is 6.74. The number of rotatable bonds is 8. The maximum absolute atomic E-state index is 13.5. The second-order valence-corrected chi connectivity index (χ2v) is 13.9. The Morgan fingerprint density at radius 1 is 1.04 bits per heavy atom. The molecule has 1 fully saturated rings. The third kappa shape index (κ3) is 6.34. The van der Waals surface area contributed by atoms with Crippen LogP contribution in [0.25, 0.3) is 11.3 Å². The van der Waals surface area contributed by atoms with Gasteiger partial charge in [-0.1, -0.05) is 45.0 Å². The van der Waals surface area contributed by atoms with E-state index < -0.39 is 0 Å². The van der Waals surface area contributed by atoms with E-state index in [4.69, 9.17) is 9.84 Å². The van der Waals surface area contributed by atoms with Gasteiger partial charge in [0.1, 0.15) is 23.4 Å². The standard InChI is InChI=1S/C35H44N10O3/c1-23-9-7-8-16-43(23)34-40-39-31-15-12-25(22-44(31)34)48-29-14-13-28(26-10-5-6-11-27(26)29)37-33(47)38-32-19-30(35(2,3)4)41-45(32)24-20-36-42(21-24)17-18-46/h5-6,10-12,15,19-23,28-29,46H,7-9,13-14,16-18H2,1-4H3,(H2,37,38,47)/t23-,28+,29-/m1/s1. The molecule has 1 aromatic carbocycles. The number of urea groups is 1. The average Bonchev–Trinajstić information content (AvgIpc) is 3.81. The van der Waals surface area contributed by atoms with Crippen LogP contribution in [0, 0.1) is 0 Å². The molecule has 1 aliphatic heterocycles. The molecular weight excluding hydrogens is 608 g/mol. The summed E-state index contributed by atoms with van der Waals surface area (Å²) >= 11 is 0. The van der Waals surface area contributed by atoms with Gasteiger partial charge in [0.2, 0.25) is 5.95 Å². The van der Waals surface area contributed by atoms with Crippen LogP contribution < -0.4 is 20.3 Å². The highest BCUT2D eigenvalue weighted by Crippen LogP contribution is 2.39. The van der Waals surface area contributed by atoms with E-state index in [0.717, 1.165) is 60.0 Å². The highest BCUT2D eigenvalue weighted by molar-refractivity contribution is 5.89. The Kier molecular flexibility index (Phi) is 8.54. The summed E-state index contributed by atoms with van der Waals surface area (Å²) in [7, 11) is 0. The van der Waals surface area contributed by atoms with Gasteiger partial charge in [0.15, 0.2) is 5.65 Å². The molecule has 2 aliphatic rings. The molecule has 252 valence electrons. The van der Waals surface area contributed by atoms with Gasteiger partial charge < -0.3 is 20.1 Å². The average molecular weight is 653 g/mol. The van der Waals surface area contributed by atoms with Crippen molar-refractivity contribution in [1.29, 1.82) is 0 Å². The number of hydrogen-bond acceptors (Lipinski definition) is 8. The summed E-state index contributed by atoms with van der Waals surface area (Å²) in [5, 5.41) is 33.6. The number of aliphatic hydroxyl groups excluding tert-OH is 1. The highest BCUT2D eigenvalue weighted by atomic mass is 16.5. The molecule has 0 spiro atoms. The summed E-state index contributed by atoms with van der Waals surface area (Å²) in [6.45, 7) is 9.80. The van der Waals surface area contributed by atoms with Crippen molar-refractivity contribution in [1.82, 2.24) is 39.5 Å². The second kappa shape index (κ2) is 12.9. The van der Waals surface area contributed by atoms with E-state index >= 15 is 0 Å². The number of piperidine rings is 1. The van der Waals surface area contributed by atoms with Crippen molar-refractivity contribution < 1.29 is 14.6 Å². The zero-order valence-electron chi connectivity index (χ0n) is 28.0. The minimum absolute atomic E-state index is 0.0218. The smallest absolute Gasteiger partial charge is 0.320 e. The SMILES string of the molecule is C[C@@H]1CCCCN1c1nnc2ccc(O[C@@H]3CC[C@H](NC(=O)Nc4cc(C(C)(C)C)nn4-c4cnn(CCO)c4)c4ccccc43)cn12. The lowest BCUT2D eigenvalue weighted by molar-refractivity contribution is 0.171. The minimum Gasteiger partial charge on any atom is -0.484 e. The van der Waals surface area contributed by atoms with Crippen molar-refractivity contribution in [3.63, 3.8) is 0 Å². The summed E-state index contributed by atoms with van der Waals surface area (Å²) in [5.74, 6) is 2.15. The molecule has 48 heavy (non-hydrogen) atoms. The van der Waals surface area contributed by atoms with Crippen LogP contribution in [-0.4, -0.2) is 64.5 Å². The number of hydrogen-bond donors (Lipinski definition) is 3. The van der Waals surface area contributed by atoms with Crippen molar-refractivity contribution in [2.24, 2.45) is 0 Å². The fraction of sp³-hybridized carbons (Fsp3) is 0.457. The molecule has 7 rings (SSSR count). The third-order valence-electron chi connectivity index (χ3n) is 9.35. The maximum Gasteiger partial charge on any atom is 0.320 e. The molecule has 13 heteroatoms. The van der Waals surface area contributed by atoms with Gasteiger partial charge in [0, 0.05) is 24.1 Å². The first-order valence-electron chi connectivity index (χ1n) is 16.9. The fourth-order valence-corrected chi connectivity index (χ4v) is 6.74. The van der Waals surface area contributed by atoms with E-state index in [9.17, 15) is 9.90 Å². The van der Waals surface area contributed by atoms with E-state index in [1.165, 1.54) is 6.42 Å². The Bertz CT molecular complexity index is 1900. The number of carbonyl (C=O) groups is 1. The highest BCUT2D eigenvalue weighted by Gasteiger charge is 2.31. The Morgan fingerprint density at radius 3 is 2.67 bits per heavy atom. The molecule has 1 aliphatic carbocycles. The number of ether oxygens (including phenoxy) is 1. The van der Waals surface area contributed by atoms with Crippen LogP contribution in [-0.2, 0) is 12.0 Å². The van der Waals surface area contributed by atoms with Gasteiger partial charge in [0.05, 0.1) is 43.5 Å². The number of aromatic nitrogens is 7. The van der Waals surface area contributed by atoms with Crippen LogP contribution in [0.2, 0.25) is 0 Å². The summed E-state index contributed by atoms with van der Waals surface area (Å²) in [6, 6.07) is 13.9. The number of carbonyl (C=O) groups excluding carboxylic acids is 1. The molecule has 5 aromatic rings. The molecule has 5 heterocycles. The van der Waals surface area contributed by atoms with E-state index in [1.807, 2.05) is 40.9 Å². The Hall–Kier alpha value is -4.91. The van der Waals surface area contributed by atoms with Crippen LogP contribution in [0.3, 0.4) is 0 Å². The first-order chi connectivity index (χ1) is 23.2. The Balaban J connectivity index is 1.08. The van der Waals surface area contributed by atoms with Gasteiger partial charge in [-0.3, -0.25) is 14.4 Å². The Labute approximate surface area is 279 Å². The van der Waals surface area contributed by atoms with Gasteiger partial charge in [-0.25, -0.2) is 9.48 Å².